The minimum atomic E-state index is -0.709. The second-order valence-corrected chi connectivity index (χ2v) is 4.28. The zero-order valence-electron chi connectivity index (χ0n) is 8.25. The van der Waals surface area contributed by atoms with Crippen LogP contribution in [-0.4, -0.2) is 17.6 Å². The maximum atomic E-state index is 10.7. The average molecular weight is 185 g/mol. The van der Waals surface area contributed by atoms with E-state index in [-0.39, 0.29) is 11.8 Å². The number of hydrogen-bond donors (Lipinski definition) is 2. The van der Waals surface area contributed by atoms with Crippen LogP contribution in [0.25, 0.3) is 0 Å². The van der Waals surface area contributed by atoms with Crippen LogP contribution >= 0.6 is 0 Å². The maximum absolute atomic E-state index is 10.7. The van der Waals surface area contributed by atoms with E-state index in [4.69, 9.17) is 10.8 Å². The van der Waals surface area contributed by atoms with Crippen molar-refractivity contribution < 1.29 is 9.90 Å². The van der Waals surface area contributed by atoms with Crippen LogP contribution in [0.2, 0.25) is 0 Å². The lowest BCUT2D eigenvalue weighted by atomic mass is 9.65. The summed E-state index contributed by atoms with van der Waals surface area (Å²) in [7, 11) is 0. The molecule has 0 bridgehead atoms. The Morgan fingerprint density at radius 3 is 2.77 bits per heavy atom. The lowest BCUT2D eigenvalue weighted by Gasteiger charge is -2.40. The van der Waals surface area contributed by atoms with Crippen LogP contribution in [-0.2, 0) is 4.79 Å². The second-order valence-electron chi connectivity index (χ2n) is 4.28. The molecule has 3 heteroatoms. The highest BCUT2D eigenvalue weighted by Gasteiger charge is 2.38. The van der Waals surface area contributed by atoms with E-state index in [9.17, 15) is 4.79 Å². The molecule has 76 valence electrons. The van der Waals surface area contributed by atoms with Crippen LogP contribution in [0.5, 0.6) is 0 Å². The number of rotatable bonds is 3. The first-order chi connectivity index (χ1) is 6.10. The molecule has 0 amide bonds. The molecule has 1 fully saturated rings. The quantitative estimate of drug-likeness (QED) is 0.702. The van der Waals surface area contributed by atoms with Gasteiger partial charge >= 0.3 is 5.97 Å². The SMILES string of the molecule is C[C@H]1CCCC[C@@]1(CN)CC(=O)O. The van der Waals surface area contributed by atoms with Gasteiger partial charge in [-0.2, -0.15) is 0 Å². The Labute approximate surface area is 79.3 Å². The van der Waals surface area contributed by atoms with Gasteiger partial charge in [-0.3, -0.25) is 4.79 Å². The number of aliphatic carboxylic acids is 1. The number of carbonyl (C=O) groups is 1. The summed E-state index contributed by atoms with van der Waals surface area (Å²) in [5, 5.41) is 8.82. The molecule has 0 heterocycles. The number of carboxylic acids is 1. The van der Waals surface area contributed by atoms with Crippen molar-refractivity contribution in [1.82, 2.24) is 0 Å². The van der Waals surface area contributed by atoms with E-state index in [0.29, 0.717) is 12.5 Å². The highest BCUT2D eigenvalue weighted by atomic mass is 16.4. The van der Waals surface area contributed by atoms with Gasteiger partial charge in [0.2, 0.25) is 0 Å². The van der Waals surface area contributed by atoms with Gasteiger partial charge in [-0.15, -0.1) is 0 Å². The molecule has 0 spiro atoms. The van der Waals surface area contributed by atoms with Gasteiger partial charge in [-0.05, 0) is 24.3 Å². The van der Waals surface area contributed by atoms with Crippen LogP contribution in [0, 0.1) is 11.3 Å². The molecule has 1 aliphatic rings. The van der Waals surface area contributed by atoms with Crippen molar-refractivity contribution in [3.8, 4) is 0 Å². The monoisotopic (exact) mass is 185 g/mol. The molecule has 2 atom stereocenters. The zero-order valence-corrected chi connectivity index (χ0v) is 8.25. The molecule has 0 radical (unpaired) electrons. The van der Waals surface area contributed by atoms with Gasteiger partial charge in [-0.25, -0.2) is 0 Å². The predicted octanol–water partition coefficient (Wildman–Crippen LogP) is 1.62. The van der Waals surface area contributed by atoms with Crippen molar-refractivity contribution in [3.05, 3.63) is 0 Å². The molecule has 0 aliphatic heterocycles. The van der Waals surface area contributed by atoms with Gasteiger partial charge in [0.25, 0.3) is 0 Å². The first kappa shape index (κ1) is 10.5. The summed E-state index contributed by atoms with van der Waals surface area (Å²) in [6.07, 6.45) is 4.71. The molecule has 0 unspecified atom stereocenters. The van der Waals surface area contributed by atoms with E-state index >= 15 is 0 Å². The van der Waals surface area contributed by atoms with Crippen molar-refractivity contribution in [2.24, 2.45) is 17.1 Å². The molecule has 0 saturated heterocycles. The Hall–Kier alpha value is -0.570. The third kappa shape index (κ3) is 2.21. The zero-order chi connectivity index (χ0) is 9.90. The summed E-state index contributed by atoms with van der Waals surface area (Å²) >= 11 is 0. The van der Waals surface area contributed by atoms with Crippen LogP contribution in [0.4, 0.5) is 0 Å². The summed E-state index contributed by atoms with van der Waals surface area (Å²) in [4.78, 5) is 10.7. The number of carboxylic acid groups (broad SMARTS) is 1. The minimum absolute atomic E-state index is 0.121. The van der Waals surface area contributed by atoms with Crippen LogP contribution in [0.3, 0.4) is 0 Å². The summed E-state index contributed by atoms with van der Waals surface area (Å²) in [5.41, 5.74) is 5.59. The summed E-state index contributed by atoms with van der Waals surface area (Å²) in [6.45, 7) is 2.65. The summed E-state index contributed by atoms with van der Waals surface area (Å²) in [6, 6.07) is 0. The molecule has 13 heavy (non-hydrogen) atoms. The highest BCUT2D eigenvalue weighted by molar-refractivity contribution is 5.67. The standard InChI is InChI=1S/C10H19NO2/c1-8-4-2-3-5-10(8,7-11)6-9(12)13/h8H,2-7,11H2,1H3,(H,12,13)/t8-,10-/m0/s1. The first-order valence-corrected chi connectivity index (χ1v) is 5.02. The normalized spacial score (nSPS) is 34.5. The molecule has 3 N–H and O–H groups in total. The first-order valence-electron chi connectivity index (χ1n) is 5.02. The smallest absolute Gasteiger partial charge is 0.303 e. The van der Waals surface area contributed by atoms with Gasteiger partial charge in [0.05, 0.1) is 6.42 Å². The fraction of sp³-hybridized carbons (Fsp3) is 0.900. The molecule has 1 rings (SSSR count). The van der Waals surface area contributed by atoms with Crippen molar-refractivity contribution in [3.63, 3.8) is 0 Å². The molecule has 1 saturated carbocycles. The predicted molar refractivity (Wildman–Crippen MR) is 51.4 cm³/mol. The Morgan fingerprint density at radius 2 is 2.31 bits per heavy atom. The Balaban J connectivity index is 2.69. The van der Waals surface area contributed by atoms with Crippen molar-refractivity contribution in [1.29, 1.82) is 0 Å². The van der Waals surface area contributed by atoms with Gasteiger partial charge in [0.15, 0.2) is 0 Å². The Bertz CT molecular complexity index is 193. The van der Waals surface area contributed by atoms with Crippen LogP contribution < -0.4 is 5.73 Å². The fourth-order valence-electron chi connectivity index (χ4n) is 2.42. The molecular formula is C10H19NO2. The molecule has 0 aromatic rings. The lowest BCUT2D eigenvalue weighted by molar-refractivity contribution is -0.141. The second kappa shape index (κ2) is 4.09. The van der Waals surface area contributed by atoms with E-state index in [0.717, 1.165) is 19.3 Å². The van der Waals surface area contributed by atoms with Gasteiger partial charge in [0.1, 0.15) is 0 Å². The van der Waals surface area contributed by atoms with Crippen molar-refractivity contribution >= 4 is 5.97 Å². The van der Waals surface area contributed by atoms with E-state index in [1.807, 2.05) is 0 Å². The topological polar surface area (TPSA) is 63.3 Å². The lowest BCUT2D eigenvalue weighted by Crippen LogP contribution is -2.40. The molecule has 1 aliphatic carbocycles. The summed E-state index contributed by atoms with van der Waals surface area (Å²) < 4.78 is 0. The highest BCUT2D eigenvalue weighted by Crippen LogP contribution is 2.42. The average Bonchev–Trinajstić information content (AvgIpc) is 2.08. The third-order valence-corrected chi connectivity index (χ3v) is 3.52. The van der Waals surface area contributed by atoms with Gasteiger partial charge < -0.3 is 10.8 Å². The molecule has 0 aromatic carbocycles. The van der Waals surface area contributed by atoms with E-state index in [1.165, 1.54) is 6.42 Å². The fourth-order valence-corrected chi connectivity index (χ4v) is 2.42. The Morgan fingerprint density at radius 1 is 1.62 bits per heavy atom. The van der Waals surface area contributed by atoms with Crippen LogP contribution in [0.15, 0.2) is 0 Å². The summed E-state index contributed by atoms with van der Waals surface area (Å²) in [5.74, 6) is -0.249. The third-order valence-electron chi connectivity index (χ3n) is 3.52. The van der Waals surface area contributed by atoms with Crippen molar-refractivity contribution in [2.75, 3.05) is 6.54 Å². The number of nitrogens with two attached hydrogens (primary N) is 1. The van der Waals surface area contributed by atoms with Crippen LogP contribution in [0.1, 0.15) is 39.0 Å². The van der Waals surface area contributed by atoms with Gasteiger partial charge in [-0.1, -0.05) is 26.2 Å². The molecule has 0 aromatic heterocycles. The van der Waals surface area contributed by atoms with E-state index < -0.39 is 5.97 Å². The number of hydrogen-bond acceptors (Lipinski definition) is 2. The van der Waals surface area contributed by atoms with E-state index in [1.54, 1.807) is 0 Å². The van der Waals surface area contributed by atoms with E-state index in [2.05, 4.69) is 6.92 Å². The Kier molecular flexibility index (Phi) is 3.31. The van der Waals surface area contributed by atoms with Gasteiger partial charge in [0, 0.05) is 0 Å². The van der Waals surface area contributed by atoms with Crippen molar-refractivity contribution in [2.45, 2.75) is 39.0 Å². The largest absolute Gasteiger partial charge is 0.481 e. The molecular weight excluding hydrogens is 166 g/mol. The minimum Gasteiger partial charge on any atom is -0.481 e. The maximum Gasteiger partial charge on any atom is 0.303 e. The molecule has 3 nitrogen and oxygen atoms in total.